The third-order valence-corrected chi connectivity index (χ3v) is 5.77. The van der Waals surface area contributed by atoms with Crippen molar-refractivity contribution in [3.63, 3.8) is 0 Å². The van der Waals surface area contributed by atoms with E-state index in [2.05, 4.69) is 32.1 Å². The average molecular weight is 306 g/mol. The molecule has 0 radical (unpaired) electrons. The molecule has 2 heteroatoms. The highest BCUT2D eigenvalue weighted by atomic mass is 16.3. The van der Waals surface area contributed by atoms with Gasteiger partial charge >= 0.3 is 0 Å². The van der Waals surface area contributed by atoms with E-state index >= 15 is 0 Å². The lowest BCUT2D eigenvalue weighted by atomic mass is 9.71. The van der Waals surface area contributed by atoms with Crippen LogP contribution in [-0.2, 0) is 12.8 Å². The summed E-state index contributed by atoms with van der Waals surface area (Å²) < 4.78 is 0. The molecule has 2 atom stereocenters. The zero-order valence-electron chi connectivity index (χ0n) is 13.6. The molecule has 0 heterocycles. The highest BCUT2D eigenvalue weighted by Crippen LogP contribution is 2.61. The molecule has 2 N–H and O–H groups in total. The number of hydrogen-bond acceptors (Lipinski definition) is 2. The Bertz CT molecular complexity index is 819. The summed E-state index contributed by atoms with van der Waals surface area (Å²) in [6.07, 6.45) is 5.32. The van der Waals surface area contributed by atoms with E-state index in [1.165, 1.54) is 27.8 Å². The van der Waals surface area contributed by atoms with Crippen molar-refractivity contribution in [3.05, 3.63) is 64.7 Å². The highest BCUT2D eigenvalue weighted by molar-refractivity contribution is 5.81. The number of phenolic OH excluding ortho intramolecular Hbond substituents is 2. The average Bonchev–Trinajstić information content (AvgIpc) is 3.00. The van der Waals surface area contributed by atoms with Crippen molar-refractivity contribution in [2.24, 2.45) is 5.41 Å². The largest absolute Gasteiger partial charge is 0.508 e. The maximum absolute atomic E-state index is 9.92. The van der Waals surface area contributed by atoms with E-state index in [9.17, 15) is 10.2 Å². The van der Waals surface area contributed by atoms with Gasteiger partial charge < -0.3 is 10.2 Å². The topological polar surface area (TPSA) is 40.5 Å². The lowest BCUT2D eigenvalue weighted by Crippen LogP contribution is -2.24. The summed E-state index contributed by atoms with van der Waals surface area (Å²) in [6.45, 7) is 4.46. The van der Waals surface area contributed by atoms with Crippen LogP contribution in [-0.4, -0.2) is 10.2 Å². The Hall–Kier alpha value is -2.22. The van der Waals surface area contributed by atoms with Gasteiger partial charge in [-0.05, 0) is 77.3 Å². The van der Waals surface area contributed by atoms with Gasteiger partial charge in [-0.3, -0.25) is 0 Å². The van der Waals surface area contributed by atoms with Gasteiger partial charge in [0.05, 0.1) is 0 Å². The molecule has 0 saturated heterocycles. The van der Waals surface area contributed by atoms with Crippen molar-refractivity contribution in [1.29, 1.82) is 0 Å². The molecular weight excluding hydrogens is 284 g/mol. The first-order valence-electron chi connectivity index (χ1n) is 8.40. The molecule has 2 aromatic rings. The van der Waals surface area contributed by atoms with Gasteiger partial charge in [0.15, 0.2) is 0 Å². The molecule has 0 amide bonds. The molecule has 2 nitrogen and oxygen atoms in total. The number of benzene rings is 2. The molecule has 0 saturated carbocycles. The smallest absolute Gasteiger partial charge is 0.115 e. The van der Waals surface area contributed by atoms with Crippen LogP contribution in [0.1, 0.15) is 48.4 Å². The Morgan fingerprint density at radius 2 is 1.74 bits per heavy atom. The van der Waals surface area contributed by atoms with Gasteiger partial charge in [-0.1, -0.05) is 32.1 Å². The minimum Gasteiger partial charge on any atom is -0.508 e. The van der Waals surface area contributed by atoms with Gasteiger partial charge in [-0.15, -0.1) is 0 Å². The van der Waals surface area contributed by atoms with E-state index in [4.69, 9.17) is 0 Å². The van der Waals surface area contributed by atoms with Crippen LogP contribution in [0, 0.1) is 5.41 Å². The van der Waals surface area contributed by atoms with Gasteiger partial charge in [0.1, 0.15) is 11.5 Å². The molecule has 2 unspecified atom stereocenters. The number of allylic oxidation sites excluding steroid dienone is 2. The first-order valence-corrected chi connectivity index (χ1v) is 8.40. The monoisotopic (exact) mass is 306 g/mol. The minimum absolute atomic E-state index is 0.0578. The Kier molecular flexibility index (Phi) is 3.06. The molecule has 2 aliphatic rings. The molecule has 118 valence electrons. The molecular formula is C21H22O2. The van der Waals surface area contributed by atoms with Crippen molar-refractivity contribution in [1.82, 2.24) is 0 Å². The maximum Gasteiger partial charge on any atom is 0.115 e. The Labute approximate surface area is 137 Å². The summed E-state index contributed by atoms with van der Waals surface area (Å²) in [5.41, 5.74) is 6.61. The molecule has 4 rings (SSSR count). The van der Waals surface area contributed by atoms with Crippen LogP contribution in [0.4, 0.5) is 0 Å². The predicted octanol–water partition coefficient (Wildman–Crippen LogP) is 4.79. The second-order valence-electron chi connectivity index (χ2n) is 6.98. The fraction of sp³-hybridized carbons (Fsp3) is 0.333. The standard InChI is InChI=1S/C21H22O2/c1-3-4-20-18-8-7-17(23)10-19(18)13(2)21(20)11-14-5-6-16(22)9-15(14)12-21/h4-10,13,22-23H,3,11-12H2,1-2H3/b20-4-. The number of aromatic hydroxyl groups is 2. The summed E-state index contributed by atoms with van der Waals surface area (Å²) in [7, 11) is 0. The van der Waals surface area contributed by atoms with Crippen molar-refractivity contribution in [2.75, 3.05) is 0 Å². The predicted molar refractivity (Wildman–Crippen MR) is 92.7 cm³/mol. The summed E-state index contributed by atoms with van der Waals surface area (Å²) in [5, 5.41) is 19.7. The first-order chi connectivity index (χ1) is 11.0. The van der Waals surface area contributed by atoms with Crippen molar-refractivity contribution in [2.45, 2.75) is 39.0 Å². The van der Waals surface area contributed by atoms with Gasteiger partial charge in [-0.25, -0.2) is 0 Å². The van der Waals surface area contributed by atoms with Crippen molar-refractivity contribution < 1.29 is 10.2 Å². The number of phenols is 2. The molecule has 2 aliphatic carbocycles. The van der Waals surface area contributed by atoms with Crippen LogP contribution < -0.4 is 0 Å². The SMILES string of the molecule is CC/C=C1/c2ccc(O)cc2C(C)C12Cc1ccc(O)cc1C2. The summed E-state index contributed by atoms with van der Waals surface area (Å²) in [5.74, 6) is 1.05. The zero-order chi connectivity index (χ0) is 16.2. The molecule has 0 aromatic heterocycles. The first kappa shape index (κ1) is 14.4. The quantitative estimate of drug-likeness (QED) is 0.795. The highest BCUT2D eigenvalue weighted by Gasteiger charge is 2.50. The normalized spacial score (nSPS) is 26.7. The summed E-state index contributed by atoms with van der Waals surface area (Å²) in [6, 6.07) is 11.6. The Balaban J connectivity index is 1.88. The zero-order valence-corrected chi connectivity index (χ0v) is 13.6. The maximum atomic E-state index is 9.92. The number of hydrogen-bond donors (Lipinski definition) is 2. The van der Waals surface area contributed by atoms with Crippen LogP contribution in [0.25, 0.3) is 5.57 Å². The third-order valence-electron chi connectivity index (χ3n) is 5.77. The van der Waals surface area contributed by atoms with E-state index in [-0.39, 0.29) is 5.41 Å². The lowest BCUT2D eigenvalue weighted by Gasteiger charge is -2.31. The molecule has 0 aliphatic heterocycles. The Morgan fingerprint density at radius 1 is 1.04 bits per heavy atom. The van der Waals surface area contributed by atoms with E-state index in [0.717, 1.165) is 19.3 Å². The van der Waals surface area contributed by atoms with Crippen molar-refractivity contribution in [3.8, 4) is 11.5 Å². The van der Waals surface area contributed by atoms with Gasteiger partial charge in [0.2, 0.25) is 0 Å². The molecule has 23 heavy (non-hydrogen) atoms. The summed E-state index contributed by atoms with van der Waals surface area (Å²) in [4.78, 5) is 0. The fourth-order valence-corrected chi connectivity index (χ4v) is 4.66. The molecule has 2 aromatic carbocycles. The lowest BCUT2D eigenvalue weighted by molar-refractivity contribution is 0.369. The van der Waals surface area contributed by atoms with Gasteiger partial charge in [0, 0.05) is 5.41 Å². The van der Waals surface area contributed by atoms with Crippen LogP contribution in [0.2, 0.25) is 0 Å². The summed E-state index contributed by atoms with van der Waals surface area (Å²) >= 11 is 0. The third kappa shape index (κ3) is 1.94. The molecule has 0 bridgehead atoms. The van der Waals surface area contributed by atoms with Crippen LogP contribution in [0.5, 0.6) is 11.5 Å². The van der Waals surface area contributed by atoms with Crippen LogP contribution in [0.15, 0.2) is 42.5 Å². The van der Waals surface area contributed by atoms with Gasteiger partial charge in [-0.2, -0.15) is 0 Å². The van der Waals surface area contributed by atoms with E-state index < -0.39 is 0 Å². The minimum atomic E-state index is 0.0578. The molecule has 1 spiro atoms. The van der Waals surface area contributed by atoms with Gasteiger partial charge in [0.25, 0.3) is 0 Å². The molecule has 0 fully saturated rings. The Morgan fingerprint density at radius 3 is 2.52 bits per heavy atom. The van der Waals surface area contributed by atoms with E-state index in [1.54, 1.807) is 12.1 Å². The van der Waals surface area contributed by atoms with E-state index in [0.29, 0.717) is 17.4 Å². The number of fused-ring (bicyclic) bond motifs is 2. The number of rotatable bonds is 1. The second-order valence-corrected chi connectivity index (χ2v) is 6.98. The van der Waals surface area contributed by atoms with Crippen LogP contribution in [0.3, 0.4) is 0 Å². The second kappa shape index (κ2) is 4.89. The van der Waals surface area contributed by atoms with E-state index in [1.807, 2.05) is 12.1 Å². The van der Waals surface area contributed by atoms with Crippen LogP contribution >= 0.6 is 0 Å². The fourth-order valence-electron chi connectivity index (χ4n) is 4.66. The van der Waals surface area contributed by atoms with Crippen molar-refractivity contribution >= 4 is 5.57 Å².